The Balaban J connectivity index is 1.29. The monoisotopic (exact) mass is 447 g/mol. The number of amides is 2. The van der Waals surface area contributed by atoms with Gasteiger partial charge in [-0.3, -0.25) is 14.5 Å². The molecule has 10 heteroatoms. The molecule has 3 heterocycles. The lowest BCUT2D eigenvalue weighted by molar-refractivity contribution is 0.0747. The van der Waals surface area contributed by atoms with Gasteiger partial charge in [0.1, 0.15) is 5.75 Å². The lowest BCUT2D eigenvalue weighted by Crippen LogP contribution is -2.56. The Labute approximate surface area is 191 Å². The lowest BCUT2D eigenvalue weighted by atomic mass is 10.1. The molecular weight excluding hydrogens is 422 g/mol. The molecule has 2 aromatic carbocycles. The Morgan fingerprint density at radius 1 is 1.03 bits per heavy atom. The fraction of sp³-hybridized carbons (Fsp3) is 0.304. The van der Waals surface area contributed by atoms with Crippen LogP contribution in [-0.4, -0.2) is 76.2 Å². The minimum Gasteiger partial charge on any atom is -0.497 e. The number of rotatable bonds is 4. The van der Waals surface area contributed by atoms with Crippen molar-refractivity contribution in [1.82, 2.24) is 30.1 Å². The van der Waals surface area contributed by atoms with Crippen molar-refractivity contribution >= 4 is 17.5 Å². The van der Waals surface area contributed by atoms with E-state index >= 15 is 0 Å². The maximum absolute atomic E-state index is 13.4. The largest absolute Gasteiger partial charge is 0.497 e. The van der Waals surface area contributed by atoms with E-state index < -0.39 is 0 Å². The van der Waals surface area contributed by atoms with Gasteiger partial charge in [-0.05, 0) is 36.8 Å². The maximum atomic E-state index is 13.4. The van der Waals surface area contributed by atoms with Crippen LogP contribution in [0.15, 0.2) is 54.9 Å². The molecule has 1 saturated heterocycles. The van der Waals surface area contributed by atoms with Gasteiger partial charge < -0.3 is 20.3 Å². The zero-order chi connectivity index (χ0) is 22.8. The van der Waals surface area contributed by atoms with Gasteiger partial charge in [-0.25, -0.2) is 0 Å². The minimum atomic E-state index is -0.339. The quantitative estimate of drug-likeness (QED) is 0.625. The number of benzene rings is 2. The van der Waals surface area contributed by atoms with Crippen molar-refractivity contribution in [3.8, 4) is 11.4 Å². The van der Waals surface area contributed by atoms with Gasteiger partial charge in [-0.2, -0.15) is 15.0 Å². The van der Waals surface area contributed by atoms with Crippen LogP contribution in [0.1, 0.15) is 27.1 Å². The Bertz CT molecular complexity index is 1160. The zero-order valence-electron chi connectivity index (χ0n) is 18.3. The Kier molecular flexibility index (Phi) is 5.66. The first kappa shape index (κ1) is 21.0. The number of aromatic nitrogens is 3. The van der Waals surface area contributed by atoms with Crippen LogP contribution < -0.4 is 15.4 Å². The molecule has 2 amide bonds. The van der Waals surface area contributed by atoms with Gasteiger partial charge in [0.15, 0.2) is 6.29 Å². The van der Waals surface area contributed by atoms with Crippen LogP contribution in [0.4, 0.5) is 5.69 Å². The molecule has 1 fully saturated rings. The number of carbonyl (C=O) groups is 2. The second kappa shape index (κ2) is 8.91. The number of methoxy groups -OCH3 is 1. The summed E-state index contributed by atoms with van der Waals surface area (Å²) in [5, 5.41) is 14.8. The van der Waals surface area contributed by atoms with Gasteiger partial charge >= 0.3 is 0 Å². The molecule has 0 radical (unpaired) electrons. The molecule has 3 aromatic rings. The highest BCUT2D eigenvalue weighted by Gasteiger charge is 2.31. The van der Waals surface area contributed by atoms with Gasteiger partial charge in [-0.15, -0.1) is 0 Å². The van der Waals surface area contributed by atoms with Crippen LogP contribution in [0.25, 0.3) is 5.69 Å². The number of anilines is 1. The third-order valence-electron chi connectivity index (χ3n) is 5.98. The van der Waals surface area contributed by atoms with E-state index in [0.717, 1.165) is 18.7 Å². The molecule has 0 spiro atoms. The second-order valence-electron chi connectivity index (χ2n) is 7.95. The summed E-state index contributed by atoms with van der Waals surface area (Å²) in [7, 11) is 1.58. The third-order valence-corrected chi connectivity index (χ3v) is 5.98. The number of fused-ring (bicyclic) bond motifs is 1. The summed E-state index contributed by atoms with van der Waals surface area (Å²) in [6.45, 7) is 2.54. The molecule has 2 N–H and O–H groups in total. The zero-order valence-corrected chi connectivity index (χ0v) is 18.3. The SMILES string of the molecule is COc1ccc2c(c1)C(=O)NC(N1CCCN(C(=O)c3ccccc3-n3nccn3)CC1)N2. The summed E-state index contributed by atoms with van der Waals surface area (Å²) in [5.41, 5.74) is 2.54. The van der Waals surface area contributed by atoms with Crippen LogP contribution >= 0.6 is 0 Å². The summed E-state index contributed by atoms with van der Waals surface area (Å²) >= 11 is 0. The van der Waals surface area contributed by atoms with Crippen molar-refractivity contribution in [2.75, 3.05) is 38.6 Å². The normalized spacial score (nSPS) is 18.6. The second-order valence-corrected chi connectivity index (χ2v) is 7.95. The van der Waals surface area contributed by atoms with Crippen molar-refractivity contribution < 1.29 is 14.3 Å². The van der Waals surface area contributed by atoms with Crippen LogP contribution in [0.5, 0.6) is 5.75 Å². The fourth-order valence-electron chi connectivity index (χ4n) is 4.27. The van der Waals surface area contributed by atoms with Crippen molar-refractivity contribution in [2.45, 2.75) is 12.7 Å². The fourth-order valence-corrected chi connectivity index (χ4v) is 4.27. The first-order chi connectivity index (χ1) is 16.1. The smallest absolute Gasteiger partial charge is 0.256 e. The average Bonchev–Trinajstić information content (AvgIpc) is 3.27. The summed E-state index contributed by atoms with van der Waals surface area (Å²) in [6.07, 6.45) is 3.63. The predicted octanol–water partition coefficient (Wildman–Crippen LogP) is 1.56. The molecule has 1 aromatic heterocycles. The Morgan fingerprint density at radius 3 is 2.67 bits per heavy atom. The highest BCUT2D eigenvalue weighted by atomic mass is 16.5. The number of para-hydroxylation sites is 1. The van der Waals surface area contributed by atoms with E-state index in [1.807, 2.05) is 35.2 Å². The molecule has 0 bridgehead atoms. The molecule has 170 valence electrons. The van der Waals surface area contributed by atoms with Crippen LogP contribution in [0.3, 0.4) is 0 Å². The number of ether oxygens (including phenoxy) is 1. The van der Waals surface area contributed by atoms with Crippen molar-refractivity contribution in [2.24, 2.45) is 0 Å². The van der Waals surface area contributed by atoms with E-state index in [-0.39, 0.29) is 18.1 Å². The molecule has 33 heavy (non-hydrogen) atoms. The van der Waals surface area contributed by atoms with Gasteiger partial charge in [0, 0.05) is 31.9 Å². The summed E-state index contributed by atoms with van der Waals surface area (Å²) < 4.78 is 5.23. The van der Waals surface area contributed by atoms with Gasteiger partial charge in [-0.1, -0.05) is 12.1 Å². The topological polar surface area (TPSA) is 105 Å². The molecule has 1 atom stereocenters. The number of hydrogen-bond donors (Lipinski definition) is 2. The Morgan fingerprint density at radius 2 is 1.85 bits per heavy atom. The van der Waals surface area contributed by atoms with E-state index in [4.69, 9.17) is 4.74 Å². The highest BCUT2D eigenvalue weighted by molar-refractivity contribution is 6.02. The lowest BCUT2D eigenvalue weighted by Gasteiger charge is -2.36. The van der Waals surface area contributed by atoms with Crippen molar-refractivity contribution in [1.29, 1.82) is 0 Å². The Hall–Kier alpha value is -3.92. The molecule has 2 aliphatic heterocycles. The molecule has 2 aliphatic rings. The van der Waals surface area contributed by atoms with E-state index in [2.05, 4.69) is 25.7 Å². The maximum Gasteiger partial charge on any atom is 0.256 e. The van der Waals surface area contributed by atoms with Gasteiger partial charge in [0.25, 0.3) is 11.8 Å². The van der Waals surface area contributed by atoms with Crippen molar-refractivity contribution in [3.05, 3.63) is 66.0 Å². The van der Waals surface area contributed by atoms with Gasteiger partial charge in [0.05, 0.1) is 36.3 Å². The first-order valence-electron chi connectivity index (χ1n) is 10.9. The number of nitrogens with zero attached hydrogens (tertiary/aromatic N) is 5. The summed E-state index contributed by atoms with van der Waals surface area (Å²) in [6, 6.07) is 12.8. The first-order valence-corrected chi connectivity index (χ1v) is 10.9. The molecular formula is C23H25N7O3. The third kappa shape index (κ3) is 4.12. The van der Waals surface area contributed by atoms with Gasteiger partial charge in [0.2, 0.25) is 0 Å². The highest BCUT2D eigenvalue weighted by Crippen LogP contribution is 2.26. The predicted molar refractivity (Wildman–Crippen MR) is 121 cm³/mol. The number of carbonyl (C=O) groups excluding carboxylic acids is 2. The van der Waals surface area contributed by atoms with E-state index in [1.54, 1.807) is 31.6 Å². The van der Waals surface area contributed by atoms with Crippen LogP contribution in [0.2, 0.25) is 0 Å². The number of hydrogen-bond acceptors (Lipinski definition) is 7. The molecule has 1 unspecified atom stereocenters. The van der Waals surface area contributed by atoms with E-state index in [9.17, 15) is 9.59 Å². The molecule has 5 rings (SSSR count). The minimum absolute atomic E-state index is 0.0529. The van der Waals surface area contributed by atoms with Crippen LogP contribution in [0, 0.1) is 0 Å². The molecule has 10 nitrogen and oxygen atoms in total. The molecule has 0 saturated carbocycles. The van der Waals surface area contributed by atoms with E-state index in [1.165, 1.54) is 4.80 Å². The number of nitrogens with one attached hydrogen (secondary N) is 2. The summed E-state index contributed by atoms with van der Waals surface area (Å²) in [5.74, 6) is 0.437. The van der Waals surface area contributed by atoms with Crippen molar-refractivity contribution in [3.63, 3.8) is 0 Å². The average molecular weight is 447 g/mol. The van der Waals surface area contributed by atoms with Crippen LogP contribution in [-0.2, 0) is 0 Å². The summed E-state index contributed by atoms with van der Waals surface area (Å²) in [4.78, 5) is 31.5. The standard InChI is InChI=1S/C23H25N7O3/c1-33-16-7-8-19-18(15-16)21(31)27-23(26-19)29-12-4-11-28(13-14-29)22(32)17-5-2-3-6-20(17)30-24-9-10-25-30/h2-3,5-10,15,23,26H,4,11-14H2,1H3,(H,27,31). The molecule has 0 aliphatic carbocycles. The van der Waals surface area contributed by atoms with E-state index in [0.29, 0.717) is 42.2 Å².